The van der Waals surface area contributed by atoms with Crippen molar-refractivity contribution in [2.45, 2.75) is 85.0 Å². The quantitative estimate of drug-likeness (QED) is 0.175. The van der Waals surface area contributed by atoms with Gasteiger partial charge in [0.15, 0.2) is 0 Å². The first-order chi connectivity index (χ1) is 19.4. The third-order valence-corrected chi connectivity index (χ3v) is 12.7. The lowest BCUT2D eigenvalue weighted by molar-refractivity contribution is 0.404. The predicted molar refractivity (Wildman–Crippen MR) is 180 cm³/mol. The van der Waals surface area contributed by atoms with Gasteiger partial charge in [-0.05, 0) is 78.0 Å². The lowest BCUT2D eigenvalue weighted by atomic mass is 10.0. The molecule has 0 N–H and O–H groups in total. The second-order valence-corrected chi connectivity index (χ2v) is 15.4. The molecule has 0 bridgehead atoms. The van der Waals surface area contributed by atoms with Crippen LogP contribution in [0.2, 0.25) is 30.1 Å². The van der Waals surface area contributed by atoms with E-state index in [2.05, 4.69) is 0 Å². The van der Waals surface area contributed by atoms with Crippen LogP contribution in [0, 0.1) is 0 Å². The summed E-state index contributed by atoms with van der Waals surface area (Å²) in [6, 6.07) is 4.91. The minimum absolute atomic E-state index is 0.307. The van der Waals surface area contributed by atoms with E-state index in [0.717, 1.165) is 44.8 Å². The second-order valence-electron chi connectivity index (χ2n) is 9.23. The number of halogens is 6. The van der Waals surface area contributed by atoms with Crippen molar-refractivity contribution in [3.8, 4) is 11.5 Å². The first-order valence-corrected chi connectivity index (χ1v) is 18.8. The Morgan fingerprint density at radius 3 is 1.20 bits per heavy atom. The van der Waals surface area contributed by atoms with Crippen molar-refractivity contribution in [1.29, 1.82) is 0 Å². The van der Waals surface area contributed by atoms with E-state index in [-0.39, 0.29) is 0 Å². The molecule has 0 spiro atoms. The maximum Gasteiger partial charge on any atom is 0.497 e. The average Bonchev–Trinajstić information content (AvgIpc) is 2.93. The lowest BCUT2D eigenvalue weighted by Crippen LogP contribution is -2.06. The molecule has 0 aliphatic rings. The number of rotatable bonds is 12. The molecule has 11 heteroatoms. The fourth-order valence-electron chi connectivity index (χ4n) is 5.00. The topological polar surface area (TPSA) is 35.5 Å². The highest BCUT2D eigenvalue weighted by atomic mass is 35.5. The summed E-state index contributed by atoms with van der Waals surface area (Å²) in [7, 11) is 0. The molecule has 0 saturated carbocycles. The summed E-state index contributed by atoms with van der Waals surface area (Å²) >= 11 is 40.2. The summed E-state index contributed by atoms with van der Waals surface area (Å²) in [5, 5.41) is 2.38. The Kier molecular flexibility index (Phi) is 12.9. The summed E-state index contributed by atoms with van der Waals surface area (Å²) < 4.78 is 27.8. The van der Waals surface area contributed by atoms with Crippen molar-refractivity contribution in [1.82, 2.24) is 0 Å². The molecule has 0 amide bonds. The molecule has 0 radical (unpaired) electrons. The van der Waals surface area contributed by atoms with E-state index in [9.17, 15) is 0 Å². The Hall–Kier alpha value is -0.420. The Balaban J connectivity index is 2.30. The molecular weight excluding hydrogens is 684 g/mol. The van der Waals surface area contributed by atoms with Crippen LogP contribution in [-0.2, 0) is 43.1 Å². The molecule has 0 unspecified atom stereocenters. The van der Waals surface area contributed by atoms with E-state index in [0.29, 0.717) is 85.1 Å². The molecule has 3 aromatic rings. The van der Waals surface area contributed by atoms with Gasteiger partial charge in [-0.15, -0.1) is 0 Å². The molecule has 0 aliphatic heterocycles. The lowest BCUT2D eigenvalue weighted by Gasteiger charge is -2.25. The van der Waals surface area contributed by atoms with Crippen LogP contribution in [0.15, 0.2) is 23.1 Å². The number of benzene rings is 3. The highest BCUT2D eigenvalue weighted by molar-refractivity contribution is 8.55. The van der Waals surface area contributed by atoms with Gasteiger partial charge in [0, 0.05) is 28.4 Å². The Bertz CT molecular complexity index is 1320. The number of hydrogen-bond acceptors (Lipinski definition) is 4. The molecule has 41 heavy (non-hydrogen) atoms. The van der Waals surface area contributed by atoms with Gasteiger partial charge < -0.3 is 9.05 Å². The molecule has 0 aromatic heterocycles. The zero-order chi connectivity index (χ0) is 30.6. The maximum atomic E-state index is 15.0. The average molecular weight is 717 g/mol. The van der Waals surface area contributed by atoms with E-state index in [1.165, 1.54) is 0 Å². The maximum absolute atomic E-state index is 15.0. The summed E-state index contributed by atoms with van der Waals surface area (Å²) in [6.07, 6.45) is 3.71. The van der Waals surface area contributed by atoms with Gasteiger partial charge in [-0.25, -0.2) is 4.57 Å². The smallest absolute Gasteiger partial charge is 0.408 e. The van der Waals surface area contributed by atoms with Gasteiger partial charge in [-0.2, -0.15) is 0 Å². The van der Waals surface area contributed by atoms with Crippen molar-refractivity contribution in [2.24, 2.45) is 0 Å². The molecule has 224 valence electrons. The van der Waals surface area contributed by atoms with Crippen LogP contribution in [0.25, 0.3) is 0 Å². The Morgan fingerprint density at radius 2 is 0.854 bits per heavy atom. The summed E-state index contributed by atoms with van der Waals surface area (Å²) in [6.45, 7) is 7.85. The first-order valence-electron chi connectivity index (χ1n) is 13.6. The van der Waals surface area contributed by atoms with Crippen LogP contribution in [0.3, 0.4) is 0 Å². The minimum Gasteiger partial charge on any atom is -0.408 e. The van der Waals surface area contributed by atoms with Crippen LogP contribution >= 0.6 is 87.8 Å². The highest BCUT2D eigenvalue weighted by Crippen LogP contribution is 2.65. The summed E-state index contributed by atoms with van der Waals surface area (Å²) in [4.78, 5) is 0.657. The van der Waals surface area contributed by atoms with Gasteiger partial charge in [0.05, 0.1) is 30.1 Å². The third kappa shape index (κ3) is 7.46. The van der Waals surface area contributed by atoms with Gasteiger partial charge in [0.25, 0.3) is 0 Å². The zero-order valence-electron chi connectivity index (χ0n) is 23.8. The van der Waals surface area contributed by atoms with Gasteiger partial charge in [0.2, 0.25) is 0 Å². The van der Waals surface area contributed by atoms with Crippen molar-refractivity contribution in [3.63, 3.8) is 0 Å². The van der Waals surface area contributed by atoms with Crippen molar-refractivity contribution in [3.05, 3.63) is 81.7 Å². The zero-order valence-corrected chi connectivity index (χ0v) is 30.1. The molecular formula is C30H33Cl6O3PS. The predicted octanol–water partition coefficient (Wildman–Crippen LogP) is 13.3. The van der Waals surface area contributed by atoms with E-state index in [1.807, 2.05) is 41.5 Å². The molecule has 0 fully saturated rings. The monoisotopic (exact) mass is 714 g/mol. The molecule has 0 atom stereocenters. The fourth-order valence-corrected chi connectivity index (χ4v) is 10.2. The van der Waals surface area contributed by atoms with E-state index in [4.69, 9.17) is 78.7 Å². The first kappa shape index (κ1) is 35.1. The molecule has 3 nitrogen and oxygen atoms in total. The van der Waals surface area contributed by atoms with E-state index < -0.39 is 6.80 Å². The largest absolute Gasteiger partial charge is 0.497 e. The highest BCUT2D eigenvalue weighted by Gasteiger charge is 2.35. The van der Waals surface area contributed by atoms with Gasteiger partial charge in [0.1, 0.15) is 11.5 Å². The molecule has 0 aliphatic carbocycles. The van der Waals surface area contributed by atoms with Crippen LogP contribution in [0.4, 0.5) is 0 Å². The SMILES string of the molecule is CCc1c(OP(=O)(Oc2cc(Cl)c(Cl)c(CC)c2CC)Sc2cc(Cl)c(Cl)c(CC)c2CC)cc(Cl)c(Cl)c1CC. The standard InChI is InChI=1S/C30H33Cl6O3PS/c1-7-16-19(10-4)28(34)22(31)13-25(16)38-40(37,39-26-14-23(32)29(35)20(11-5)17(26)8-2)41-27-15-24(33)30(36)21(12-6)18(27)9-3/h13-15H,7-12H2,1-6H3. The van der Waals surface area contributed by atoms with E-state index in [1.54, 1.807) is 18.2 Å². The normalized spacial score (nSPS) is 11.7. The Morgan fingerprint density at radius 1 is 0.537 bits per heavy atom. The van der Waals surface area contributed by atoms with Crippen LogP contribution in [0.5, 0.6) is 11.5 Å². The summed E-state index contributed by atoms with van der Waals surface area (Å²) in [5.41, 5.74) is 5.11. The van der Waals surface area contributed by atoms with Crippen molar-refractivity contribution in [2.75, 3.05) is 0 Å². The van der Waals surface area contributed by atoms with Crippen LogP contribution < -0.4 is 9.05 Å². The van der Waals surface area contributed by atoms with Gasteiger partial charge >= 0.3 is 6.80 Å². The minimum atomic E-state index is -4.09. The van der Waals surface area contributed by atoms with E-state index >= 15 is 4.57 Å². The third-order valence-electron chi connectivity index (χ3n) is 6.93. The van der Waals surface area contributed by atoms with Gasteiger partial charge in [-0.3, -0.25) is 0 Å². The second kappa shape index (κ2) is 15.0. The van der Waals surface area contributed by atoms with Crippen LogP contribution in [-0.4, -0.2) is 0 Å². The molecule has 3 aromatic carbocycles. The van der Waals surface area contributed by atoms with Gasteiger partial charge in [-0.1, -0.05) is 111 Å². The number of hydrogen-bond donors (Lipinski definition) is 0. The van der Waals surface area contributed by atoms with Crippen molar-refractivity contribution < 1.29 is 13.6 Å². The fraction of sp³-hybridized carbons (Fsp3) is 0.400. The molecule has 3 rings (SSSR count). The molecule has 0 heterocycles. The van der Waals surface area contributed by atoms with Crippen molar-refractivity contribution >= 4 is 87.8 Å². The summed E-state index contributed by atoms with van der Waals surface area (Å²) in [5.74, 6) is 0.689. The Labute approximate surface area is 277 Å². The molecule has 0 saturated heterocycles. The van der Waals surface area contributed by atoms with Crippen LogP contribution in [0.1, 0.15) is 74.9 Å².